The van der Waals surface area contributed by atoms with Crippen LogP contribution in [0.1, 0.15) is 51.9 Å². The molecule has 0 aromatic carbocycles. The number of aliphatic carboxylic acids is 1. The van der Waals surface area contributed by atoms with E-state index in [0.717, 1.165) is 44.2 Å². The Morgan fingerprint density at radius 2 is 2.18 bits per heavy atom. The van der Waals surface area contributed by atoms with Crippen molar-refractivity contribution in [1.29, 1.82) is 0 Å². The quantitative estimate of drug-likeness (QED) is 0.361. The molecule has 0 radical (unpaired) electrons. The van der Waals surface area contributed by atoms with Gasteiger partial charge in [-0.15, -0.1) is 0 Å². The van der Waals surface area contributed by atoms with E-state index in [0.29, 0.717) is 0 Å². The molecule has 0 heterocycles. The van der Waals surface area contributed by atoms with Crippen LogP contribution in [0.25, 0.3) is 0 Å². The van der Waals surface area contributed by atoms with Crippen molar-refractivity contribution < 1.29 is 25.0 Å². The maximum absolute atomic E-state index is 10.4. The molecule has 1 fully saturated rings. The maximum Gasteiger partial charge on any atom is 0.305 e. The Morgan fingerprint density at radius 3 is 2.86 bits per heavy atom. The fourth-order valence-electron chi connectivity index (χ4n) is 3.44. The van der Waals surface area contributed by atoms with Gasteiger partial charge in [-0.1, -0.05) is 13.3 Å². The Morgan fingerprint density at radius 1 is 1.41 bits per heavy atom. The lowest BCUT2D eigenvalue weighted by atomic mass is 9.83. The zero-order chi connectivity index (χ0) is 16.1. The fourth-order valence-corrected chi connectivity index (χ4v) is 3.44. The van der Waals surface area contributed by atoms with Crippen molar-refractivity contribution in [3.63, 3.8) is 0 Å². The second kappa shape index (κ2) is 7.94. The molecule has 0 saturated heterocycles. The molecule has 0 aromatic heterocycles. The van der Waals surface area contributed by atoms with Crippen molar-refractivity contribution in [3.05, 3.63) is 11.3 Å². The standard InChI is InChI=1S/C16H27NO5/c1-2-3-11(18)5-4-10-8-12-13(16(10)21)9-14(12)17-22-7-6-15(19)20/h10-11,13,16-18,21H,2-9H2,1H3,(H,19,20). The number of carboxylic acid groups (broad SMARTS) is 1. The highest BCUT2D eigenvalue weighted by Gasteiger charge is 2.45. The molecule has 1 saturated carbocycles. The summed E-state index contributed by atoms with van der Waals surface area (Å²) >= 11 is 0. The highest BCUT2D eigenvalue weighted by Crippen LogP contribution is 2.49. The first kappa shape index (κ1) is 17.2. The van der Waals surface area contributed by atoms with Gasteiger partial charge in [-0.3, -0.25) is 15.1 Å². The van der Waals surface area contributed by atoms with Crippen molar-refractivity contribution >= 4 is 5.97 Å². The van der Waals surface area contributed by atoms with E-state index in [1.165, 1.54) is 5.57 Å². The Hall–Kier alpha value is -1.11. The van der Waals surface area contributed by atoms with Crippen LogP contribution < -0.4 is 5.48 Å². The van der Waals surface area contributed by atoms with Gasteiger partial charge in [-0.2, -0.15) is 0 Å². The fraction of sp³-hybridized carbons (Fsp3) is 0.812. The van der Waals surface area contributed by atoms with Crippen LogP contribution >= 0.6 is 0 Å². The highest BCUT2D eigenvalue weighted by molar-refractivity contribution is 5.66. The van der Waals surface area contributed by atoms with E-state index in [9.17, 15) is 15.0 Å². The number of carboxylic acids is 1. The van der Waals surface area contributed by atoms with Gasteiger partial charge in [0, 0.05) is 11.6 Å². The number of aliphatic hydroxyl groups excluding tert-OH is 2. The van der Waals surface area contributed by atoms with E-state index in [1.807, 2.05) is 0 Å². The molecule has 0 aromatic rings. The smallest absolute Gasteiger partial charge is 0.305 e. The molecule has 2 aliphatic rings. The number of carbonyl (C=O) groups is 1. The van der Waals surface area contributed by atoms with E-state index in [4.69, 9.17) is 9.94 Å². The van der Waals surface area contributed by atoms with Crippen molar-refractivity contribution in [1.82, 2.24) is 5.48 Å². The van der Waals surface area contributed by atoms with Crippen molar-refractivity contribution in [2.75, 3.05) is 6.61 Å². The Labute approximate surface area is 131 Å². The predicted octanol–water partition coefficient (Wildman–Crippen LogP) is 1.58. The summed E-state index contributed by atoms with van der Waals surface area (Å²) < 4.78 is 0. The summed E-state index contributed by atoms with van der Waals surface area (Å²) in [6.07, 6.45) is 4.37. The van der Waals surface area contributed by atoms with Crippen LogP contribution in [-0.4, -0.2) is 40.1 Å². The largest absolute Gasteiger partial charge is 0.481 e. The molecule has 0 aliphatic heterocycles. The molecule has 4 unspecified atom stereocenters. The molecule has 4 N–H and O–H groups in total. The van der Waals surface area contributed by atoms with E-state index >= 15 is 0 Å². The van der Waals surface area contributed by atoms with Gasteiger partial charge >= 0.3 is 5.97 Å². The third kappa shape index (κ3) is 4.21. The van der Waals surface area contributed by atoms with Gasteiger partial charge in [0.05, 0.1) is 25.2 Å². The van der Waals surface area contributed by atoms with E-state index in [2.05, 4.69) is 12.4 Å². The van der Waals surface area contributed by atoms with E-state index in [1.54, 1.807) is 0 Å². The third-order valence-electron chi connectivity index (χ3n) is 4.74. The molecular formula is C16H27NO5. The number of nitrogens with one attached hydrogen (secondary N) is 1. The SMILES string of the molecule is CCCC(O)CCC1CC2=C(NOCCC(=O)O)CC2C1O. The summed E-state index contributed by atoms with van der Waals surface area (Å²) in [5.41, 5.74) is 5.03. The van der Waals surface area contributed by atoms with Gasteiger partial charge in [0.15, 0.2) is 0 Å². The first-order valence-electron chi connectivity index (χ1n) is 8.20. The molecule has 0 bridgehead atoms. The summed E-state index contributed by atoms with van der Waals surface area (Å²) in [4.78, 5) is 15.5. The average Bonchev–Trinajstić information content (AvgIpc) is 2.68. The third-order valence-corrected chi connectivity index (χ3v) is 4.74. The van der Waals surface area contributed by atoms with Gasteiger partial charge in [-0.05, 0) is 43.6 Å². The lowest BCUT2D eigenvalue weighted by molar-refractivity contribution is -0.138. The number of hydroxylamine groups is 1. The summed E-state index contributed by atoms with van der Waals surface area (Å²) in [6, 6.07) is 0. The number of hydrogen-bond acceptors (Lipinski definition) is 5. The van der Waals surface area contributed by atoms with Crippen molar-refractivity contribution in [3.8, 4) is 0 Å². The zero-order valence-corrected chi connectivity index (χ0v) is 13.1. The summed E-state index contributed by atoms with van der Waals surface area (Å²) in [7, 11) is 0. The highest BCUT2D eigenvalue weighted by atomic mass is 16.6. The van der Waals surface area contributed by atoms with Crippen LogP contribution in [0.2, 0.25) is 0 Å². The number of hydrogen-bond donors (Lipinski definition) is 4. The second-order valence-electron chi connectivity index (χ2n) is 6.38. The van der Waals surface area contributed by atoms with Gasteiger partial charge in [0.2, 0.25) is 0 Å². The summed E-state index contributed by atoms with van der Waals surface area (Å²) in [5.74, 6) is -0.461. The van der Waals surface area contributed by atoms with Crippen LogP contribution in [0.15, 0.2) is 11.3 Å². The van der Waals surface area contributed by atoms with Crippen LogP contribution in [0, 0.1) is 11.8 Å². The molecule has 2 rings (SSSR count). The molecule has 6 heteroatoms. The number of fused-ring (bicyclic) bond motifs is 1. The Balaban J connectivity index is 1.74. The van der Waals surface area contributed by atoms with Gasteiger partial charge < -0.3 is 15.3 Å². The Bertz CT molecular complexity index is 423. The normalized spacial score (nSPS) is 28.2. The minimum atomic E-state index is -0.882. The van der Waals surface area contributed by atoms with Gasteiger partial charge in [0.1, 0.15) is 0 Å². The molecule has 0 amide bonds. The lowest BCUT2D eigenvalue weighted by Crippen LogP contribution is -2.32. The van der Waals surface area contributed by atoms with Crippen molar-refractivity contribution in [2.45, 2.75) is 64.1 Å². The monoisotopic (exact) mass is 313 g/mol. The second-order valence-corrected chi connectivity index (χ2v) is 6.38. The summed E-state index contributed by atoms with van der Waals surface area (Å²) in [6.45, 7) is 2.19. The molecule has 0 spiro atoms. The minimum absolute atomic E-state index is 0.0282. The van der Waals surface area contributed by atoms with Crippen LogP contribution in [-0.2, 0) is 9.63 Å². The summed E-state index contributed by atoms with van der Waals surface area (Å²) in [5, 5.41) is 28.7. The van der Waals surface area contributed by atoms with Crippen molar-refractivity contribution in [2.24, 2.45) is 11.8 Å². The first-order valence-corrected chi connectivity index (χ1v) is 8.20. The number of rotatable bonds is 10. The first-order chi connectivity index (χ1) is 10.5. The lowest BCUT2D eigenvalue weighted by Gasteiger charge is -2.30. The Kier molecular flexibility index (Phi) is 6.23. The molecule has 22 heavy (non-hydrogen) atoms. The van der Waals surface area contributed by atoms with Crippen LogP contribution in [0.3, 0.4) is 0 Å². The van der Waals surface area contributed by atoms with E-state index in [-0.39, 0.29) is 37.1 Å². The molecule has 6 nitrogen and oxygen atoms in total. The zero-order valence-electron chi connectivity index (χ0n) is 13.1. The topological polar surface area (TPSA) is 99.0 Å². The molecule has 4 atom stereocenters. The average molecular weight is 313 g/mol. The maximum atomic E-state index is 10.4. The predicted molar refractivity (Wildman–Crippen MR) is 80.7 cm³/mol. The van der Waals surface area contributed by atoms with E-state index < -0.39 is 5.97 Å². The minimum Gasteiger partial charge on any atom is -0.481 e. The van der Waals surface area contributed by atoms with Gasteiger partial charge in [-0.25, -0.2) is 0 Å². The number of aliphatic hydroxyl groups is 2. The van der Waals surface area contributed by atoms with Crippen LogP contribution in [0.5, 0.6) is 0 Å². The molecule has 2 aliphatic carbocycles. The van der Waals surface area contributed by atoms with Gasteiger partial charge in [0.25, 0.3) is 0 Å². The molecule has 126 valence electrons. The molecular weight excluding hydrogens is 286 g/mol. The number of allylic oxidation sites excluding steroid dienone is 1. The van der Waals surface area contributed by atoms with Crippen LogP contribution in [0.4, 0.5) is 0 Å².